The van der Waals surface area contributed by atoms with Crippen LogP contribution < -0.4 is 9.80 Å². The topological polar surface area (TPSA) is 43.9 Å². The molecule has 2 amide bonds. The van der Waals surface area contributed by atoms with Crippen LogP contribution in [-0.4, -0.2) is 42.9 Å². The summed E-state index contributed by atoms with van der Waals surface area (Å²) in [5.74, 6) is -0.963. The molecule has 2 aromatic carbocycles. The van der Waals surface area contributed by atoms with Gasteiger partial charge in [-0.2, -0.15) is 0 Å². The first kappa shape index (κ1) is 17.5. The largest absolute Gasteiger partial charge is 0.368 e. The Morgan fingerprint density at radius 3 is 2.19 bits per heavy atom. The Labute approximate surface area is 161 Å². The van der Waals surface area contributed by atoms with Crippen LogP contribution in [0.1, 0.15) is 0 Å². The molecular weight excluding hydrogens is 369 g/mol. The molecule has 1 saturated heterocycles. The van der Waals surface area contributed by atoms with Gasteiger partial charge in [0.2, 0.25) is 0 Å². The number of carbonyl (C=O) groups excluding carboxylic acids is 2. The maximum atomic E-state index is 13.1. The average molecular weight is 386 g/mol. The van der Waals surface area contributed by atoms with Crippen molar-refractivity contribution in [3.8, 4) is 0 Å². The number of rotatable bonds is 3. The molecule has 0 radical (unpaired) electrons. The fourth-order valence-electron chi connectivity index (χ4n) is 3.40. The van der Waals surface area contributed by atoms with Crippen molar-refractivity contribution in [1.29, 1.82) is 0 Å². The monoisotopic (exact) mass is 385 g/mol. The van der Waals surface area contributed by atoms with Crippen molar-refractivity contribution in [3.05, 3.63) is 71.1 Å². The Morgan fingerprint density at radius 2 is 1.52 bits per heavy atom. The van der Waals surface area contributed by atoms with E-state index in [9.17, 15) is 14.0 Å². The maximum absolute atomic E-state index is 13.1. The zero-order valence-corrected chi connectivity index (χ0v) is 15.2. The minimum Gasteiger partial charge on any atom is -0.368 e. The summed E-state index contributed by atoms with van der Waals surface area (Å²) >= 11 is 5.98. The first-order valence-corrected chi connectivity index (χ1v) is 9.02. The molecule has 0 N–H and O–H groups in total. The number of nitrogens with zero attached hydrogens (tertiary/aromatic N) is 3. The summed E-state index contributed by atoms with van der Waals surface area (Å²) in [6.07, 6.45) is 1.39. The molecule has 0 spiro atoms. The molecule has 0 aliphatic carbocycles. The number of hydrogen-bond donors (Lipinski definition) is 0. The molecule has 7 heteroatoms. The van der Waals surface area contributed by atoms with E-state index in [4.69, 9.17) is 11.6 Å². The second-order valence-electron chi connectivity index (χ2n) is 6.44. The fraction of sp³-hybridized carbons (Fsp3) is 0.200. The van der Waals surface area contributed by atoms with E-state index in [-0.39, 0.29) is 17.6 Å². The summed E-state index contributed by atoms with van der Waals surface area (Å²) in [6, 6.07) is 13.0. The SMILES string of the molecule is O=C1C=C(N2CCN(c3ccc(F)cc3)CC2)C(=O)N1c1cccc(Cl)c1. The molecule has 0 saturated carbocycles. The van der Waals surface area contributed by atoms with Crippen LogP contribution in [0.4, 0.5) is 15.8 Å². The quantitative estimate of drug-likeness (QED) is 0.762. The van der Waals surface area contributed by atoms with Gasteiger partial charge in [-0.1, -0.05) is 17.7 Å². The molecule has 0 bridgehead atoms. The highest BCUT2D eigenvalue weighted by Gasteiger charge is 2.36. The van der Waals surface area contributed by atoms with Crippen LogP contribution in [0.2, 0.25) is 5.02 Å². The number of anilines is 2. The van der Waals surface area contributed by atoms with Crippen molar-refractivity contribution < 1.29 is 14.0 Å². The van der Waals surface area contributed by atoms with Gasteiger partial charge in [-0.05, 0) is 42.5 Å². The lowest BCUT2D eigenvalue weighted by molar-refractivity contribution is -0.120. The summed E-state index contributed by atoms with van der Waals surface area (Å²) in [5, 5.41) is 0.467. The molecule has 0 atom stereocenters. The molecule has 0 unspecified atom stereocenters. The molecular formula is C20H17ClFN3O2. The number of amides is 2. The Kier molecular flexibility index (Phi) is 4.58. The third-order valence-electron chi connectivity index (χ3n) is 4.78. The second kappa shape index (κ2) is 7.04. The lowest BCUT2D eigenvalue weighted by Crippen LogP contribution is -2.47. The smallest absolute Gasteiger partial charge is 0.281 e. The van der Waals surface area contributed by atoms with Gasteiger partial charge < -0.3 is 9.80 Å². The van der Waals surface area contributed by atoms with E-state index in [1.165, 1.54) is 18.2 Å². The molecule has 2 heterocycles. The summed E-state index contributed by atoms with van der Waals surface area (Å²) in [6.45, 7) is 2.57. The predicted molar refractivity (Wildman–Crippen MR) is 102 cm³/mol. The number of carbonyl (C=O) groups is 2. The van der Waals surface area contributed by atoms with Gasteiger partial charge in [0.05, 0.1) is 5.69 Å². The second-order valence-corrected chi connectivity index (χ2v) is 6.88. The zero-order valence-electron chi connectivity index (χ0n) is 14.4. The van der Waals surface area contributed by atoms with Crippen molar-refractivity contribution in [2.75, 3.05) is 36.0 Å². The van der Waals surface area contributed by atoms with Crippen molar-refractivity contribution >= 4 is 34.8 Å². The van der Waals surface area contributed by atoms with E-state index in [0.717, 1.165) is 10.6 Å². The van der Waals surface area contributed by atoms with Crippen LogP contribution in [0.15, 0.2) is 60.3 Å². The van der Waals surface area contributed by atoms with Crippen LogP contribution >= 0.6 is 11.6 Å². The first-order valence-electron chi connectivity index (χ1n) is 8.64. The van der Waals surface area contributed by atoms with Crippen molar-refractivity contribution in [3.63, 3.8) is 0 Å². The normalized spacial score (nSPS) is 17.6. The van der Waals surface area contributed by atoms with Gasteiger partial charge in [0, 0.05) is 43.0 Å². The third kappa shape index (κ3) is 3.40. The van der Waals surface area contributed by atoms with Gasteiger partial charge in [0.1, 0.15) is 11.5 Å². The van der Waals surface area contributed by atoms with Crippen LogP contribution in [0.25, 0.3) is 0 Å². The van der Waals surface area contributed by atoms with Crippen molar-refractivity contribution in [2.24, 2.45) is 0 Å². The first-order chi connectivity index (χ1) is 13.0. The van der Waals surface area contributed by atoms with Crippen LogP contribution in [0.3, 0.4) is 0 Å². The van der Waals surface area contributed by atoms with E-state index in [1.54, 1.807) is 36.4 Å². The van der Waals surface area contributed by atoms with E-state index < -0.39 is 0 Å². The number of imide groups is 1. The lowest BCUT2D eigenvalue weighted by atomic mass is 10.2. The average Bonchev–Trinajstić information content (AvgIpc) is 2.97. The highest BCUT2D eigenvalue weighted by atomic mass is 35.5. The Morgan fingerprint density at radius 1 is 0.852 bits per heavy atom. The molecule has 2 aromatic rings. The van der Waals surface area contributed by atoms with Gasteiger partial charge in [0.15, 0.2) is 0 Å². The summed E-state index contributed by atoms with van der Waals surface area (Å²) in [7, 11) is 0. The third-order valence-corrected chi connectivity index (χ3v) is 5.02. The van der Waals surface area contributed by atoms with E-state index in [0.29, 0.717) is 42.6 Å². The van der Waals surface area contributed by atoms with E-state index in [1.807, 2.05) is 4.90 Å². The minimum absolute atomic E-state index is 0.265. The lowest BCUT2D eigenvalue weighted by Gasteiger charge is -2.37. The summed E-state index contributed by atoms with van der Waals surface area (Å²) in [5.41, 5.74) is 1.81. The van der Waals surface area contributed by atoms with Gasteiger partial charge in [-0.15, -0.1) is 0 Å². The number of halogens is 2. The Bertz CT molecular complexity index is 921. The van der Waals surface area contributed by atoms with Gasteiger partial charge in [0.25, 0.3) is 11.8 Å². The summed E-state index contributed by atoms with van der Waals surface area (Å²) in [4.78, 5) is 30.4. The van der Waals surface area contributed by atoms with Crippen molar-refractivity contribution in [2.45, 2.75) is 0 Å². The zero-order chi connectivity index (χ0) is 19.0. The minimum atomic E-state index is -0.363. The van der Waals surface area contributed by atoms with E-state index >= 15 is 0 Å². The van der Waals surface area contributed by atoms with Gasteiger partial charge in [-0.3, -0.25) is 9.59 Å². The number of piperazine rings is 1. The summed E-state index contributed by atoms with van der Waals surface area (Å²) < 4.78 is 13.1. The highest BCUT2D eigenvalue weighted by Crippen LogP contribution is 2.27. The molecule has 0 aromatic heterocycles. The van der Waals surface area contributed by atoms with Crippen LogP contribution in [-0.2, 0) is 9.59 Å². The Hall–Kier alpha value is -2.86. The molecule has 2 aliphatic rings. The van der Waals surface area contributed by atoms with Gasteiger partial charge >= 0.3 is 0 Å². The molecule has 4 rings (SSSR count). The molecule has 27 heavy (non-hydrogen) atoms. The standard InChI is InChI=1S/C20H17ClFN3O2/c21-14-2-1-3-17(12-14)25-19(26)13-18(20(25)27)24-10-8-23(9-11-24)16-6-4-15(22)5-7-16/h1-7,12-13H,8-11H2. The molecule has 2 aliphatic heterocycles. The number of benzene rings is 2. The van der Waals surface area contributed by atoms with Crippen molar-refractivity contribution in [1.82, 2.24) is 4.90 Å². The van der Waals surface area contributed by atoms with E-state index in [2.05, 4.69) is 4.90 Å². The Balaban J connectivity index is 1.46. The molecule has 138 valence electrons. The molecule has 1 fully saturated rings. The maximum Gasteiger partial charge on any atom is 0.281 e. The highest BCUT2D eigenvalue weighted by molar-refractivity contribution is 6.33. The molecule has 5 nitrogen and oxygen atoms in total. The number of hydrogen-bond acceptors (Lipinski definition) is 4. The predicted octanol–water partition coefficient (Wildman–Crippen LogP) is 3.06. The van der Waals surface area contributed by atoms with Crippen LogP contribution in [0.5, 0.6) is 0 Å². The van der Waals surface area contributed by atoms with Crippen LogP contribution in [0, 0.1) is 5.82 Å². The fourth-order valence-corrected chi connectivity index (χ4v) is 3.59. The van der Waals surface area contributed by atoms with Gasteiger partial charge in [-0.25, -0.2) is 9.29 Å².